The maximum Gasteiger partial charge on any atom is 0.222 e. The molecule has 1 saturated heterocycles. The van der Waals surface area contributed by atoms with Gasteiger partial charge in [0, 0.05) is 58.2 Å². The lowest BCUT2D eigenvalue weighted by atomic mass is 10.0. The number of hydrogen-bond acceptors (Lipinski definition) is 4. The molecule has 0 N–H and O–H groups in total. The van der Waals surface area contributed by atoms with E-state index in [0.29, 0.717) is 26.1 Å². The minimum Gasteiger partial charge on any atom is -0.491 e. The van der Waals surface area contributed by atoms with Gasteiger partial charge in [0.15, 0.2) is 0 Å². The van der Waals surface area contributed by atoms with Crippen molar-refractivity contribution in [3.05, 3.63) is 29.3 Å². The van der Waals surface area contributed by atoms with Crippen molar-refractivity contribution in [1.29, 1.82) is 0 Å². The molecule has 0 atom stereocenters. The monoisotopic (exact) mass is 413 g/mol. The lowest BCUT2D eigenvalue weighted by Crippen LogP contribution is -2.47. The molecule has 6 heteroatoms. The summed E-state index contributed by atoms with van der Waals surface area (Å²) in [5.41, 5.74) is 2.36. The number of piperazine rings is 1. The second-order valence-electron chi connectivity index (χ2n) is 9.08. The first-order chi connectivity index (χ1) is 14.6. The highest BCUT2D eigenvalue weighted by Gasteiger charge is 2.23. The highest BCUT2D eigenvalue weighted by Crippen LogP contribution is 2.30. The summed E-state index contributed by atoms with van der Waals surface area (Å²) in [4.78, 5) is 30.6. The summed E-state index contributed by atoms with van der Waals surface area (Å²) in [5.74, 6) is 2.09. The number of ether oxygens (including phenoxy) is 1. The molecular weight excluding hydrogens is 378 g/mol. The molecule has 0 aromatic heterocycles. The molecule has 2 heterocycles. The van der Waals surface area contributed by atoms with Crippen molar-refractivity contribution in [2.24, 2.45) is 5.92 Å². The van der Waals surface area contributed by atoms with E-state index in [-0.39, 0.29) is 11.8 Å². The van der Waals surface area contributed by atoms with Crippen LogP contribution in [0.4, 0.5) is 0 Å². The third-order valence-electron chi connectivity index (χ3n) is 6.92. The fourth-order valence-electron chi connectivity index (χ4n) is 5.02. The van der Waals surface area contributed by atoms with Crippen molar-refractivity contribution >= 4 is 11.8 Å². The number of benzene rings is 1. The normalized spacial score (nSPS) is 20.6. The summed E-state index contributed by atoms with van der Waals surface area (Å²) in [6, 6.07) is 6.39. The molecule has 2 amide bonds. The highest BCUT2D eigenvalue weighted by molar-refractivity contribution is 5.76. The van der Waals surface area contributed by atoms with E-state index in [1.54, 1.807) is 6.92 Å². The number of carbonyl (C=O) groups is 2. The standard InChI is InChI=1S/C24H35N3O3/c1-19(28)26-12-10-25(11-13-26)17-21-6-8-23-22(16-21)18-27(14-15-30-23)24(29)9-7-20-4-2-3-5-20/h6,8,16,20H,2-5,7,9-15,17-18H2,1H3. The van der Waals surface area contributed by atoms with Gasteiger partial charge in [0.05, 0.1) is 6.54 Å². The maximum atomic E-state index is 12.8. The van der Waals surface area contributed by atoms with Crippen LogP contribution in [0.5, 0.6) is 5.75 Å². The van der Waals surface area contributed by atoms with E-state index in [4.69, 9.17) is 4.74 Å². The Labute approximate surface area is 180 Å². The van der Waals surface area contributed by atoms with E-state index in [1.165, 1.54) is 31.2 Å². The van der Waals surface area contributed by atoms with E-state index in [0.717, 1.165) is 56.4 Å². The zero-order valence-corrected chi connectivity index (χ0v) is 18.3. The molecule has 1 saturated carbocycles. The number of rotatable bonds is 5. The Bertz CT molecular complexity index is 752. The first-order valence-electron chi connectivity index (χ1n) is 11.6. The molecule has 2 aliphatic heterocycles. The molecule has 1 aromatic carbocycles. The van der Waals surface area contributed by atoms with Crippen LogP contribution < -0.4 is 4.74 Å². The minimum atomic E-state index is 0.162. The van der Waals surface area contributed by atoms with Crippen LogP contribution in [-0.4, -0.2) is 65.8 Å². The molecular formula is C24H35N3O3. The van der Waals surface area contributed by atoms with Crippen LogP contribution in [0.15, 0.2) is 18.2 Å². The summed E-state index contributed by atoms with van der Waals surface area (Å²) in [7, 11) is 0. The predicted octanol–water partition coefficient (Wildman–Crippen LogP) is 3.04. The zero-order valence-electron chi connectivity index (χ0n) is 18.3. The van der Waals surface area contributed by atoms with Gasteiger partial charge < -0.3 is 14.5 Å². The third kappa shape index (κ3) is 5.34. The Balaban J connectivity index is 1.34. The molecule has 164 valence electrons. The predicted molar refractivity (Wildman–Crippen MR) is 116 cm³/mol. The van der Waals surface area contributed by atoms with Crippen LogP contribution in [0, 0.1) is 5.92 Å². The van der Waals surface area contributed by atoms with E-state index < -0.39 is 0 Å². The van der Waals surface area contributed by atoms with E-state index in [1.807, 2.05) is 9.80 Å². The van der Waals surface area contributed by atoms with Gasteiger partial charge in [-0.05, 0) is 30.0 Å². The molecule has 1 aliphatic carbocycles. The lowest BCUT2D eigenvalue weighted by Gasteiger charge is -2.34. The van der Waals surface area contributed by atoms with Crippen LogP contribution in [0.2, 0.25) is 0 Å². The summed E-state index contributed by atoms with van der Waals surface area (Å²) in [6.45, 7) is 7.79. The quantitative estimate of drug-likeness (QED) is 0.745. The molecule has 3 aliphatic rings. The maximum absolute atomic E-state index is 12.8. The van der Waals surface area contributed by atoms with Gasteiger partial charge in [-0.1, -0.05) is 31.7 Å². The lowest BCUT2D eigenvalue weighted by molar-refractivity contribution is -0.132. The van der Waals surface area contributed by atoms with Gasteiger partial charge in [0.25, 0.3) is 0 Å². The zero-order chi connectivity index (χ0) is 20.9. The Morgan fingerprint density at radius 1 is 1.03 bits per heavy atom. The number of fused-ring (bicyclic) bond motifs is 1. The number of carbonyl (C=O) groups excluding carboxylic acids is 2. The summed E-state index contributed by atoms with van der Waals surface area (Å²) in [6.07, 6.45) is 6.95. The van der Waals surface area contributed by atoms with Gasteiger partial charge in [-0.25, -0.2) is 0 Å². The molecule has 1 aromatic rings. The van der Waals surface area contributed by atoms with Gasteiger partial charge in [-0.3, -0.25) is 14.5 Å². The van der Waals surface area contributed by atoms with Gasteiger partial charge in [-0.2, -0.15) is 0 Å². The van der Waals surface area contributed by atoms with E-state index in [2.05, 4.69) is 23.1 Å². The fraction of sp³-hybridized carbons (Fsp3) is 0.667. The molecule has 30 heavy (non-hydrogen) atoms. The first kappa shape index (κ1) is 21.2. The number of hydrogen-bond donors (Lipinski definition) is 0. The summed E-state index contributed by atoms with van der Waals surface area (Å²) in [5, 5.41) is 0. The third-order valence-corrected chi connectivity index (χ3v) is 6.92. The van der Waals surface area contributed by atoms with Crippen LogP contribution in [-0.2, 0) is 22.7 Å². The molecule has 6 nitrogen and oxygen atoms in total. The van der Waals surface area contributed by atoms with E-state index in [9.17, 15) is 9.59 Å². The van der Waals surface area contributed by atoms with Gasteiger partial charge in [-0.15, -0.1) is 0 Å². The average molecular weight is 414 g/mol. The number of amides is 2. The van der Waals surface area contributed by atoms with Crippen molar-refractivity contribution < 1.29 is 14.3 Å². The minimum absolute atomic E-state index is 0.162. The Morgan fingerprint density at radius 2 is 1.80 bits per heavy atom. The van der Waals surface area contributed by atoms with Crippen LogP contribution >= 0.6 is 0 Å². The molecule has 0 radical (unpaired) electrons. The first-order valence-corrected chi connectivity index (χ1v) is 11.6. The molecule has 0 spiro atoms. The Morgan fingerprint density at radius 3 is 2.53 bits per heavy atom. The Kier molecular flexibility index (Phi) is 6.93. The second kappa shape index (κ2) is 9.82. The van der Waals surface area contributed by atoms with E-state index >= 15 is 0 Å². The molecule has 4 rings (SSSR count). The molecule has 0 unspecified atom stereocenters. The fourth-order valence-corrected chi connectivity index (χ4v) is 5.02. The topological polar surface area (TPSA) is 53.1 Å². The molecule has 0 bridgehead atoms. The smallest absolute Gasteiger partial charge is 0.222 e. The van der Waals surface area contributed by atoms with Crippen LogP contribution in [0.3, 0.4) is 0 Å². The largest absolute Gasteiger partial charge is 0.491 e. The summed E-state index contributed by atoms with van der Waals surface area (Å²) < 4.78 is 5.94. The van der Waals surface area contributed by atoms with Crippen molar-refractivity contribution in [2.75, 3.05) is 39.3 Å². The van der Waals surface area contributed by atoms with Gasteiger partial charge >= 0.3 is 0 Å². The SMILES string of the molecule is CC(=O)N1CCN(Cc2ccc3c(c2)CN(C(=O)CCC2CCCC2)CCO3)CC1. The van der Waals surface area contributed by atoms with Gasteiger partial charge in [0.2, 0.25) is 11.8 Å². The average Bonchev–Trinajstić information content (AvgIpc) is 3.18. The second-order valence-corrected chi connectivity index (χ2v) is 9.08. The molecule has 2 fully saturated rings. The van der Waals surface area contributed by atoms with Crippen LogP contribution in [0.1, 0.15) is 56.6 Å². The summed E-state index contributed by atoms with van der Waals surface area (Å²) >= 11 is 0. The highest BCUT2D eigenvalue weighted by atomic mass is 16.5. The van der Waals surface area contributed by atoms with Crippen molar-refractivity contribution in [3.8, 4) is 5.75 Å². The van der Waals surface area contributed by atoms with Crippen molar-refractivity contribution in [2.45, 2.75) is 58.5 Å². The van der Waals surface area contributed by atoms with Crippen molar-refractivity contribution in [3.63, 3.8) is 0 Å². The Hall–Kier alpha value is -2.08. The van der Waals surface area contributed by atoms with Crippen LogP contribution in [0.25, 0.3) is 0 Å². The number of nitrogens with zero attached hydrogens (tertiary/aromatic N) is 3. The van der Waals surface area contributed by atoms with Crippen molar-refractivity contribution in [1.82, 2.24) is 14.7 Å². The van der Waals surface area contributed by atoms with Gasteiger partial charge in [0.1, 0.15) is 12.4 Å².